The van der Waals surface area contributed by atoms with Gasteiger partial charge in [-0.2, -0.15) is 5.26 Å². The van der Waals surface area contributed by atoms with Crippen LogP contribution < -0.4 is 5.32 Å². The molecule has 1 rings (SSSR count). The first-order valence-corrected chi connectivity index (χ1v) is 5.39. The van der Waals surface area contributed by atoms with Crippen LogP contribution in [-0.4, -0.2) is 6.04 Å². The minimum Gasteiger partial charge on any atom is -0.381 e. The highest BCUT2D eigenvalue weighted by atomic mass is 79.9. The van der Waals surface area contributed by atoms with Gasteiger partial charge in [-0.25, -0.2) is 0 Å². The predicted molar refractivity (Wildman–Crippen MR) is 62.5 cm³/mol. The third-order valence-corrected chi connectivity index (χ3v) is 2.65. The quantitative estimate of drug-likeness (QED) is 0.909. The Kier molecular flexibility index (Phi) is 4.24. The number of halogens is 2. The molecule has 0 aliphatic carbocycles. The summed E-state index contributed by atoms with van der Waals surface area (Å²) in [4.78, 5) is 0. The van der Waals surface area contributed by atoms with Crippen molar-refractivity contribution in [2.24, 2.45) is 0 Å². The van der Waals surface area contributed by atoms with Crippen molar-refractivity contribution in [2.75, 3.05) is 5.32 Å². The summed E-state index contributed by atoms with van der Waals surface area (Å²) in [5.74, 6) is 0. The van der Waals surface area contributed by atoms with E-state index >= 15 is 0 Å². The van der Waals surface area contributed by atoms with Gasteiger partial charge in [0.25, 0.3) is 0 Å². The monoisotopic (exact) mass is 272 g/mol. The van der Waals surface area contributed by atoms with Gasteiger partial charge in [-0.15, -0.1) is 0 Å². The Labute approximate surface area is 97.0 Å². The van der Waals surface area contributed by atoms with Gasteiger partial charge in [0.1, 0.15) is 0 Å². The second-order valence-electron chi connectivity index (χ2n) is 3.03. The fraction of sp³-hybridized carbons (Fsp3) is 0.300. The lowest BCUT2D eigenvalue weighted by molar-refractivity contribution is 0.820. The number of hydrogen-bond acceptors (Lipinski definition) is 2. The van der Waals surface area contributed by atoms with Crippen LogP contribution in [0.25, 0.3) is 0 Å². The molecule has 0 spiro atoms. The first-order chi connectivity index (χ1) is 6.63. The van der Waals surface area contributed by atoms with Gasteiger partial charge in [0.15, 0.2) is 0 Å². The number of nitrogens with zero attached hydrogens (tertiary/aromatic N) is 1. The summed E-state index contributed by atoms with van der Waals surface area (Å²) in [6, 6.07) is 7.75. The summed E-state index contributed by atoms with van der Waals surface area (Å²) in [7, 11) is 0. The topological polar surface area (TPSA) is 35.8 Å². The van der Waals surface area contributed by atoms with E-state index in [4.69, 9.17) is 16.9 Å². The zero-order valence-electron chi connectivity index (χ0n) is 7.72. The van der Waals surface area contributed by atoms with Crippen LogP contribution >= 0.6 is 27.5 Å². The first-order valence-electron chi connectivity index (χ1n) is 4.22. The minimum atomic E-state index is 0.120. The Morgan fingerprint density at radius 3 is 3.00 bits per heavy atom. The molecule has 0 aliphatic rings. The van der Waals surface area contributed by atoms with Crippen LogP contribution in [0.4, 0.5) is 5.69 Å². The molecule has 1 aromatic carbocycles. The molecule has 74 valence electrons. The summed E-state index contributed by atoms with van der Waals surface area (Å²) in [6.07, 6.45) is 0.471. The van der Waals surface area contributed by atoms with Crippen molar-refractivity contribution in [3.8, 4) is 6.07 Å². The lowest BCUT2D eigenvalue weighted by Gasteiger charge is -2.13. The Morgan fingerprint density at radius 2 is 2.36 bits per heavy atom. The molecular weight excluding hydrogens is 263 g/mol. The molecule has 0 bridgehead atoms. The van der Waals surface area contributed by atoms with Crippen molar-refractivity contribution in [1.29, 1.82) is 5.26 Å². The molecule has 0 heterocycles. The number of hydrogen-bond donors (Lipinski definition) is 1. The first kappa shape index (κ1) is 11.4. The van der Waals surface area contributed by atoms with Crippen molar-refractivity contribution in [2.45, 2.75) is 19.4 Å². The van der Waals surface area contributed by atoms with E-state index in [2.05, 4.69) is 27.3 Å². The van der Waals surface area contributed by atoms with Crippen LogP contribution in [0.5, 0.6) is 0 Å². The molecule has 0 aromatic heterocycles. The Hall–Kier alpha value is -0.720. The third-order valence-electron chi connectivity index (χ3n) is 1.73. The van der Waals surface area contributed by atoms with Crippen molar-refractivity contribution < 1.29 is 0 Å². The summed E-state index contributed by atoms with van der Waals surface area (Å²) in [5.41, 5.74) is 0.917. The van der Waals surface area contributed by atoms with Crippen LogP contribution in [-0.2, 0) is 0 Å². The second kappa shape index (κ2) is 5.23. The van der Waals surface area contributed by atoms with Crippen molar-refractivity contribution in [3.63, 3.8) is 0 Å². The van der Waals surface area contributed by atoms with Crippen LogP contribution in [0.2, 0.25) is 5.02 Å². The zero-order valence-corrected chi connectivity index (χ0v) is 10.1. The Bertz CT molecular complexity index is 360. The van der Waals surface area contributed by atoms with Crippen LogP contribution in [0, 0.1) is 11.3 Å². The lowest BCUT2D eigenvalue weighted by atomic mass is 10.2. The molecule has 0 radical (unpaired) electrons. The van der Waals surface area contributed by atoms with Gasteiger partial charge < -0.3 is 5.32 Å². The maximum atomic E-state index is 8.51. The van der Waals surface area contributed by atoms with Gasteiger partial charge >= 0.3 is 0 Å². The van der Waals surface area contributed by atoms with E-state index in [0.29, 0.717) is 11.4 Å². The number of rotatable bonds is 3. The smallest absolute Gasteiger partial charge is 0.0643 e. The van der Waals surface area contributed by atoms with Crippen LogP contribution in [0.1, 0.15) is 13.3 Å². The molecule has 0 amide bonds. The normalized spacial score (nSPS) is 11.9. The molecule has 0 fully saturated rings. The molecule has 1 unspecified atom stereocenters. The van der Waals surface area contributed by atoms with E-state index < -0.39 is 0 Å². The summed E-state index contributed by atoms with van der Waals surface area (Å²) < 4.78 is 0.951. The zero-order chi connectivity index (χ0) is 10.6. The highest BCUT2D eigenvalue weighted by molar-refractivity contribution is 9.10. The molecule has 1 atom stereocenters. The maximum absolute atomic E-state index is 8.51. The average molecular weight is 274 g/mol. The van der Waals surface area contributed by atoms with Gasteiger partial charge in [-0.1, -0.05) is 11.6 Å². The van der Waals surface area contributed by atoms with Crippen molar-refractivity contribution >= 4 is 33.2 Å². The van der Waals surface area contributed by atoms with E-state index in [1.54, 1.807) is 0 Å². The molecule has 0 aliphatic heterocycles. The Balaban J connectivity index is 2.76. The fourth-order valence-electron chi connectivity index (χ4n) is 1.06. The molecule has 2 nitrogen and oxygen atoms in total. The number of benzene rings is 1. The van der Waals surface area contributed by atoms with E-state index in [1.165, 1.54) is 0 Å². The summed E-state index contributed by atoms with van der Waals surface area (Å²) in [5, 5.41) is 12.4. The van der Waals surface area contributed by atoms with E-state index in [9.17, 15) is 0 Å². The molecule has 14 heavy (non-hydrogen) atoms. The molecular formula is C10H10BrClN2. The van der Waals surface area contributed by atoms with Crippen molar-refractivity contribution in [1.82, 2.24) is 0 Å². The van der Waals surface area contributed by atoms with Crippen molar-refractivity contribution in [3.05, 3.63) is 27.7 Å². The fourth-order valence-corrected chi connectivity index (χ4v) is 1.59. The molecule has 4 heteroatoms. The van der Waals surface area contributed by atoms with Gasteiger partial charge in [-0.3, -0.25) is 0 Å². The highest BCUT2D eigenvalue weighted by Gasteiger charge is 2.04. The maximum Gasteiger partial charge on any atom is 0.0643 e. The summed E-state index contributed by atoms with van der Waals surface area (Å²) in [6.45, 7) is 1.95. The Morgan fingerprint density at radius 1 is 1.64 bits per heavy atom. The number of nitrogens with one attached hydrogen (secondary N) is 1. The number of anilines is 1. The third kappa shape index (κ3) is 3.21. The van der Waals surface area contributed by atoms with Crippen LogP contribution in [0.3, 0.4) is 0 Å². The van der Waals surface area contributed by atoms with E-state index in [0.717, 1.165) is 10.2 Å². The lowest BCUT2D eigenvalue weighted by Crippen LogP contribution is -2.14. The van der Waals surface area contributed by atoms with Gasteiger partial charge in [0.2, 0.25) is 0 Å². The largest absolute Gasteiger partial charge is 0.381 e. The standard InChI is InChI=1S/C10H10BrClN2/c1-7(4-5-13)14-10-6-8(12)2-3-9(10)11/h2-3,6-7,14H,4H2,1H3. The van der Waals surface area contributed by atoms with Gasteiger partial charge in [-0.05, 0) is 41.1 Å². The second-order valence-corrected chi connectivity index (χ2v) is 4.32. The summed E-state index contributed by atoms with van der Waals surface area (Å²) >= 11 is 9.26. The van der Waals surface area contributed by atoms with E-state index in [-0.39, 0.29) is 6.04 Å². The molecule has 1 N–H and O–H groups in total. The van der Waals surface area contributed by atoms with Crippen LogP contribution in [0.15, 0.2) is 22.7 Å². The number of nitriles is 1. The van der Waals surface area contributed by atoms with E-state index in [1.807, 2.05) is 25.1 Å². The molecule has 0 saturated heterocycles. The highest BCUT2D eigenvalue weighted by Crippen LogP contribution is 2.26. The predicted octanol–water partition coefficient (Wildman–Crippen LogP) is 3.82. The molecule has 1 aromatic rings. The molecule has 0 saturated carbocycles. The van der Waals surface area contributed by atoms with Gasteiger partial charge in [0.05, 0.1) is 18.2 Å². The minimum absolute atomic E-state index is 0.120. The SMILES string of the molecule is CC(CC#N)Nc1cc(Cl)ccc1Br. The average Bonchev–Trinajstić information content (AvgIpc) is 2.12. The van der Waals surface area contributed by atoms with Gasteiger partial charge in [0, 0.05) is 15.5 Å².